The Hall–Kier alpha value is -1.74. The molecule has 1 N–H and O–H groups in total. The van der Waals surface area contributed by atoms with Crippen LogP contribution in [0.15, 0.2) is 42.6 Å². The molecular weight excluding hydrogens is 227 g/mol. The Kier molecular flexibility index (Phi) is 4.05. The third kappa shape index (κ3) is 2.74. The van der Waals surface area contributed by atoms with E-state index in [4.69, 9.17) is 0 Å². The number of nitrogens with zero attached hydrogens (tertiary/aromatic N) is 1. The summed E-state index contributed by atoms with van der Waals surface area (Å²) in [6.07, 6.45) is 2.46. The molecule has 0 radical (unpaired) electrons. The van der Waals surface area contributed by atoms with Crippen molar-refractivity contribution >= 4 is 0 Å². The zero-order valence-corrected chi connectivity index (χ0v) is 10.7. The summed E-state index contributed by atoms with van der Waals surface area (Å²) in [6.45, 7) is 2.02. The molecule has 0 spiro atoms. The van der Waals surface area contributed by atoms with Crippen molar-refractivity contribution < 1.29 is 4.39 Å². The number of benzene rings is 1. The van der Waals surface area contributed by atoms with Crippen molar-refractivity contribution in [2.45, 2.75) is 19.4 Å². The van der Waals surface area contributed by atoms with Gasteiger partial charge in [0.2, 0.25) is 0 Å². The molecule has 0 saturated carbocycles. The van der Waals surface area contributed by atoms with Gasteiger partial charge >= 0.3 is 0 Å². The van der Waals surface area contributed by atoms with Gasteiger partial charge in [0.1, 0.15) is 5.82 Å². The molecule has 0 aliphatic heterocycles. The highest BCUT2D eigenvalue weighted by atomic mass is 19.1. The van der Waals surface area contributed by atoms with Crippen molar-refractivity contribution in [1.29, 1.82) is 0 Å². The number of likely N-dealkylation sites (N-methyl/N-ethyl adjacent to an activating group) is 1. The van der Waals surface area contributed by atoms with Crippen LogP contribution < -0.4 is 5.32 Å². The van der Waals surface area contributed by atoms with E-state index < -0.39 is 0 Å². The third-order valence-corrected chi connectivity index (χ3v) is 3.14. The van der Waals surface area contributed by atoms with Crippen molar-refractivity contribution in [3.63, 3.8) is 0 Å². The average molecular weight is 244 g/mol. The highest BCUT2D eigenvalue weighted by Gasteiger charge is 2.15. The Morgan fingerprint density at radius 3 is 2.67 bits per heavy atom. The minimum atomic E-state index is -0.176. The Balaban J connectivity index is 2.26. The molecule has 3 heteroatoms. The standard InChI is InChI=1S/C15H17FN2/c1-11-6-5-9-18-14(11)10-15(17-2)12-7-3-4-8-13(12)16/h3-9,15,17H,10H2,1-2H3. The van der Waals surface area contributed by atoms with Gasteiger partial charge in [0, 0.05) is 29.9 Å². The summed E-state index contributed by atoms with van der Waals surface area (Å²) in [4.78, 5) is 4.36. The summed E-state index contributed by atoms with van der Waals surface area (Å²) in [6, 6.07) is 10.7. The van der Waals surface area contributed by atoms with Gasteiger partial charge in [-0.15, -0.1) is 0 Å². The van der Waals surface area contributed by atoms with E-state index >= 15 is 0 Å². The molecule has 2 nitrogen and oxygen atoms in total. The molecule has 94 valence electrons. The molecule has 0 aliphatic rings. The number of pyridine rings is 1. The van der Waals surface area contributed by atoms with Crippen molar-refractivity contribution in [1.82, 2.24) is 10.3 Å². The molecule has 1 unspecified atom stereocenters. The van der Waals surface area contributed by atoms with Crippen LogP contribution in [0.1, 0.15) is 22.9 Å². The van der Waals surface area contributed by atoms with E-state index in [-0.39, 0.29) is 11.9 Å². The second kappa shape index (κ2) is 5.74. The van der Waals surface area contributed by atoms with Crippen LogP contribution in [0.25, 0.3) is 0 Å². The number of hydrogen-bond donors (Lipinski definition) is 1. The molecule has 1 heterocycles. The summed E-state index contributed by atoms with van der Waals surface area (Å²) >= 11 is 0. The lowest BCUT2D eigenvalue weighted by Crippen LogP contribution is -2.21. The largest absolute Gasteiger partial charge is 0.313 e. The smallest absolute Gasteiger partial charge is 0.127 e. The maximum atomic E-state index is 13.8. The lowest BCUT2D eigenvalue weighted by atomic mass is 9.99. The summed E-state index contributed by atoms with van der Waals surface area (Å²) in [5, 5.41) is 3.15. The van der Waals surface area contributed by atoms with Crippen LogP contribution >= 0.6 is 0 Å². The van der Waals surface area contributed by atoms with Gasteiger partial charge in [-0.3, -0.25) is 4.98 Å². The Morgan fingerprint density at radius 1 is 1.22 bits per heavy atom. The van der Waals surface area contributed by atoms with Gasteiger partial charge < -0.3 is 5.32 Å². The van der Waals surface area contributed by atoms with E-state index in [9.17, 15) is 4.39 Å². The molecule has 0 saturated heterocycles. The summed E-state index contributed by atoms with van der Waals surface area (Å²) in [7, 11) is 1.84. The van der Waals surface area contributed by atoms with Gasteiger partial charge in [-0.1, -0.05) is 24.3 Å². The van der Waals surface area contributed by atoms with E-state index in [1.54, 1.807) is 12.3 Å². The van der Waals surface area contributed by atoms with Crippen LogP contribution in [0.3, 0.4) is 0 Å². The first kappa shape index (κ1) is 12.7. The fraction of sp³-hybridized carbons (Fsp3) is 0.267. The molecule has 18 heavy (non-hydrogen) atoms. The minimum absolute atomic E-state index is 0.0557. The van der Waals surface area contributed by atoms with Crippen molar-refractivity contribution in [2.75, 3.05) is 7.05 Å². The number of hydrogen-bond acceptors (Lipinski definition) is 2. The minimum Gasteiger partial charge on any atom is -0.313 e. The van der Waals surface area contributed by atoms with E-state index in [0.29, 0.717) is 12.0 Å². The second-order valence-corrected chi connectivity index (χ2v) is 4.33. The Morgan fingerprint density at radius 2 is 2.00 bits per heavy atom. The molecule has 2 rings (SSSR count). The topological polar surface area (TPSA) is 24.9 Å². The van der Waals surface area contributed by atoms with Gasteiger partial charge in [-0.25, -0.2) is 4.39 Å². The molecule has 1 aromatic heterocycles. The van der Waals surface area contributed by atoms with Gasteiger partial charge in [-0.05, 0) is 31.7 Å². The number of rotatable bonds is 4. The number of halogens is 1. The van der Waals surface area contributed by atoms with Crippen molar-refractivity contribution in [2.24, 2.45) is 0 Å². The fourth-order valence-corrected chi connectivity index (χ4v) is 2.05. The zero-order chi connectivity index (χ0) is 13.0. The van der Waals surface area contributed by atoms with Crippen LogP contribution in [0, 0.1) is 12.7 Å². The third-order valence-electron chi connectivity index (χ3n) is 3.14. The predicted octanol–water partition coefficient (Wildman–Crippen LogP) is 3.03. The second-order valence-electron chi connectivity index (χ2n) is 4.33. The number of aromatic nitrogens is 1. The summed E-state index contributed by atoms with van der Waals surface area (Å²) < 4.78 is 13.8. The fourth-order valence-electron chi connectivity index (χ4n) is 2.05. The highest BCUT2D eigenvalue weighted by Crippen LogP contribution is 2.21. The molecule has 1 atom stereocenters. The van der Waals surface area contributed by atoms with E-state index in [2.05, 4.69) is 10.3 Å². The highest BCUT2D eigenvalue weighted by molar-refractivity contribution is 5.25. The molecule has 0 amide bonds. The Labute approximate surface area is 107 Å². The van der Waals surface area contributed by atoms with E-state index in [1.807, 2.05) is 38.2 Å². The molecule has 1 aromatic carbocycles. The monoisotopic (exact) mass is 244 g/mol. The molecular formula is C15H17FN2. The lowest BCUT2D eigenvalue weighted by Gasteiger charge is -2.17. The van der Waals surface area contributed by atoms with Crippen molar-refractivity contribution in [3.8, 4) is 0 Å². The van der Waals surface area contributed by atoms with Crippen LogP contribution in [-0.4, -0.2) is 12.0 Å². The summed E-state index contributed by atoms with van der Waals surface area (Å²) in [5.74, 6) is -0.176. The Bertz CT molecular complexity index is 525. The normalized spacial score (nSPS) is 12.4. The molecule has 0 fully saturated rings. The molecule has 0 bridgehead atoms. The SMILES string of the molecule is CNC(Cc1ncccc1C)c1ccccc1F. The predicted molar refractivity (Wildman–Crippen MR) is 70.9 cm³/mol. The van der Waals surface area contributed by atoms with Crippen LogP contribution in [0.2, 0.25) is 0 Å². The van der Waals surface area contributed by atoms with Gasteiger partial charge in [0.05, 0.1) is 0 Å². The van der Waals surface area contributed by atoms with E-state index in [0.717, 1.165) is 11.3 Å². The zero-order valence-electron chi connectivity index (χ0n) is 10.7. The maximum absolute atomic E-state index is 13.8. The van der Waals surface area contributed by atoms with Gasteiger partial charge in [0.25, 0.3) is 0 Å². The van der Waals surface area contributed by atoms with Crippen LogP contribution in [-0.2, 0) is 6.42 Å². The number of nitrogens with one attached hydrogen (secondary N) is 1. The first-order chi connectivity index (χ1) is 8.72. The van der Waals surface area contributed by atoms with E-state index in [1.165, 1.54) is 6.07 Å². The first-order valence-electron chi connectivity index (χ1n) is 6.04. The summed E-state index contributed by atoms with van der Waals surface area (Å²) in [5.41, 5.74) is 2.82. The number of aryl methyl sites for hydroxylation is 1. The van der Waals surface area contributed by atoms with Crippen LogP contribution in [0.4, 0.5) is 4.39 Å². The quantitative estimate of drug-likeness (QED) is 0.894. The van der Waals surface area contributed by atoms with Gasteiger partial charge in [-0.2, -0.15) is 0 Å². The lowest BCUT2D eigenvalue weighted by molar-refractivity contribution is 0.529. The average Bonchev–Trinajstić information content (AvgIpc) is 2.39. The van der Waals surface area contributed by atoms with Crippen molar-refractivity contribution in [3.05, 3.63) is 65.2 Å². The molecule has 0 aliphatic carbocycles. The van der Waals surface area contributed by atoms with Gasteiger partial charge in [0.15, 0.2) is 0 Å². The van der Waals surface area contributed by atoms with Crippen LogP contribution in [0.5, 0.6) is 0 Å². The first-order valence-corrected chi connectivity index (χ1v) is 6.04. The molecule has 2 aromatic rings. The maximum Gasteiger partial charge on any atom is 0.127 e.